The van der Waals surface area contributed by atoms with Gasteiger partial charge in [0.2, 0.25) is 5.95 Å². The van der Waals surface area contributed by atoms with Gasteiger partial charge in [0.1, 0.15) is 0 Å². The minimum Gasteiger partial charge on any atom is -0.290 e. The van der Waals surface area contributed by atoms with E-state index in [0.29, 0.717) is 9.49 Å². The van der Waals surface area contributed by atoms with Crippen molar-refractivity contribution in [3.63, 3.8) is 0 Å². The molecule has 2 aromatic rings. The summed E-state index contributed by atoms with van der Waals surface area (Å²) in [6, 6.07) is 4.16. The highest BCUT2D eigenvalue weighted by atomic mass is 127. The SMILES string of the molecule is O=C(Nc1ncc(C2CCCC2)cn1)c1cc([N+](=O)[O-])ccc1I. The van der Waals surface area contributed by atoms with E-state index in [9.17, 15) is 14.9 Å². The number of nitrogens with one attached hydrogen (secondary N) is 1. The van der Waals surface area contributed by atoms with Crippen molar-refractivity contribution < 1.29 is 9.72 Å². The van der Waals surface area contributed by atoms with Gasteiger partial charge in [-0.15, -0.1) is 0 Å². The molecule has 0 atom stereocenters. The summed E-state index contributed by atoms with van der Waals surface area (Å²) in [6.45, 7) is 0. The van der Waals surface area contributed by atoms with Gasteiger partial charge in [0.15, 0.2) is 0 Å². The second-order valence-corrected chi connectivity index (χ2v) is 6.86. The number of anilines is 1. The van der Waals surface area contributed by atoms with Crippen LogP contribution in [0.3, 0.4) is 0 Å². The third-order valence-electron chi connectivity index (χ3n) is 4.13. The quantitative estimate of drug-likeness (QED) is 0.444. The lowest BCUT2D eigenvalue weighted by molar-refractivity contribution is -0.384. The molecular weight excluding hydrogens is 423 g/mol. The maximum absolute atomic E-state index is 12.3. The normalized spacial score (nSPS) is 14.5. The van der Waals surface area contributed by atoms with Crippen molar-refractivity contribution in [2.24, 2.45) is 0 Å². The van der Waals surface area contributed by atoms with Crippen LogP contribution in [0.2, 0.25) is 0 Å². The molecule has 3 rings (SSSR count). The minimum absolute atomic E-state index is 0.127. The molecule has 1 fully saturated rings. The molecule has 1 aliphatic carbocycles. The van der Waals surface area contributed by atoms with Crippen molar-refractivity contribution in [3.8, 4) is 0 Å². The number of aromatic nitrogens is 2. The lowest BCUT2D eigenvalue weighted by atomic mass is 10.0. The molecule has 124 valence electrons. The Morgan fingerprint density at radius 2 is 1.92 bits per heavy atom. The van der Waals surface area contributed by atoms with Crippen LogP contribution < -0.4 is 5.32 Å². The van der Waals surface area contributed by atoms with Gasteiger partial charge in [0.05, 0.1) is 10.5 Å². The first-order chi connectivity index (χ1) is 11.5. The van der Waals surface area contributed by atoms with Gasteiger partial charge in [0.25, 0.3) is 11.6 Å². The number of amides is 1. The van der Waals surface area contributed by atoms with Crippen molar-refractivity contribution >= 4 is 40.1 Å². The predicted octanol–water partition coefficient (Wildman–Crippen LogP) is 3.90. The van der Waals surface area contributed by atoms with Crippen LogP contribution in [0, 0.1) is 13.7 Å². The minimum atomic E-state index is -0.528. The first-order valence-corrected chi connectivity index (χ1v) is 8.69. The van der Waals surface area contributed by atoms with Gasteiger partial charge in [-0.25, -0.2) is 9.97 Å². The van der Waals surface area contributed by atoms with Gasteiger partial charge in [-0.3, -0.25) is 20.2 Å². The lowest BCUT2D eigenvalue weighted by Gasteiger charge is -2.09. The van der Waals surface area contributed by atoms with Gasteiger partial charge in [-0.2, -0.15) is 0 Å². The number of benzene rings is 1. The molecule has 0 aliphatic heterocycles. The van der Waals surface area contributed by atoms with Gasteiger partial charge < -0.3 is 0 Å². The summed E-state index contributed by atoms with van der Waals surface area (Å²) in [5.74, 6) is 0.244. The largest absolute Gasteiger partial charge is 0.290 e. The Bertz CT molecular complexity index is 773. The zero-order valence-corrected chi connectivity index (χ0v) is 14.9. The zero-order chi connectivity index (χ0) is 17.1. The van der Waals surface area contributed by atoms with E-state index in [-0.39, 0.29) is 17.2 Å². The molecule has 1 aromatic carbocycles. The Hall–Kier alpha value is -2.10. The Labute approximate surface area is 152 Å². The van der Waals surface area contributed by atoms with Crippen LogP contribution in [-0.4, -0.2) is 20.8 Å². The van der Waals surface area contributed by atoms with E-state index in [0.717, 1.165) is 18.4 Å². The fourth-order valence-corrected chi connectivity index (χ4v) is 3.42. The molecule has 24 heavy (non-hydrogen) atoms. The van der Waals surface area contributed by atoms with Gasteiger partial charge in [-0.05, 0) is 53.0 Å². The average molecular weight is 438 g/mol. The number of hydrogen-bond acceptors (Lipinski definition) is 5. The van der Waals surface area contributed by atoms with E-state index in [1.807, 2.05) is 22.6 Å². The average Bonchev–Trinajstić information content (AvgIpc) is 3.10. The maximum atomic E-state index is 12.3. The number of carbonyl (C=O) groups is 1. The second kappa shape index (κ2) is 7.20. The van der Waals surface area contributed by atoms with E-state index in [2.05, 4.69) is 15.3 Å². The molecule has 1 amide bonds. The molecule has 7 nitrogen and oxygen atoms in total. The summed E-state index contributed by atoms with van der Waals surface area (Å²) in [7, 11) is 0. The Balaban J connectivity index is 1.75. The molecule has 0 unspecified atom stereocenters. The number of rotatable bonds is 4. The van der Waals surface area contributed by atoms with Crippen molar-refractivity contribution in [3.05, 3.63) is 55.4 Å². The summed E-state index contributed by atoms with van der Waals surface area (Å²) >= 11 is 1.97. The van der Waals surface area contributed by atoms with Crippen LogP contribution in [0.4, 0.5) is 11.6 Å². The van der Waals surface area contributed by atoms with Crippen LogP contribution in [0.25, 0.3) is 0 Å². The molecular formula is C16H15IN4O3. The summed E-state index contributed by atoms with van der Waals surface area (Å²) < 4.78 is 0.623. The highest BCUT2D eigenvalue weighted by Crippen LogP contribution is 2.33. The summed E-state index contributed by atoms with van der Waals surface area (Å²) in [4.78, 5) is 31.1. The van der Waals surface area contributed by atoms with E-state index >= 15 is 0 Å². The molecule has 0 saturated heterocycles. The molecule has 0 bridgehead atoms. The van der Waals surface area contributed by atoms with Gasteiger partial charge in [-0.1, -0.05) is 12.8 Å². The number of non-ortho nitro benzene ring substituents is 1. The fraction of sp³-hybridized carbons (Fsp3) is 0.312. The number of nitro benzene ring substituents is 1. The van der Waals surface area contributed by atoms with Crippen molar-refractivity contribution in [2.75, 3.05) is 5.32 Å². The third kappa shape index (κ3) is 3.69. The molecule has 8 heteroatoms. The van der Waals surface area contributed by atoms with Crippen molar-refractivity contribution in [1.29, 1.82) is 0 Å². The van der Waals surface area contributed by atoms with Crippen LogP contribution >= 0.6 is 22.6 Å². The van der Waals surface area contributed by atoms with Crippen LogP contribution in [0.5, 0.6) is 0 Å². The molecule has 0 spiro atoms. The highest BCUT2D eigenvalue weighted by molar-refractivity contribution is 14.1. The van der Waals surface area contributed by atoms with Gasteiger partial charge in [0, 0.05) is 28.1 Å². The number of hydrogen-bond donors (Lipinski definition) is 1. The van der Waals surface area contributed by atoms with Crippen LogP contribution in [0.15, 0.2) is 30.6 Å². The fourth-order valence-electron chi connectivity index (χ4n) is 2.84. The third-order valence-corrected chi connectivity index (χ3v) is 5.07. The maximum Gasteiger partial charge on any atom is 0.270 e. The number of nitrogens with zero attached hydrogens (tertiary/aromatic N) is 3. The standard InChI is InChI=1S/C16H15IN4O3/c17-14-6-5-12(21(23)24)7-13(14)15(22)20-16-18-8-11(9-19-16)10-3-1-2-4-10/h5-10H,1-4H2,(H,18,19,20,22). The Kier molecular flexibility index (Phi) is 5.03. The molecule has 1 heterocycles. The first kappa shape index (κ1) is 16.7. The Morgan fingerprint density at radius 1 is 1.25 bits per heavy atom. The summed E-state index contributed by atoms with van der Waals surface area (Å²) in [5.41, 5.74) is 1.20. The first-order valence-electron chi connectivity index (χ1n) is 7.62. The predicted molar refractivity (Wildman–Crippen MR) is 97.0 cm³/mol. The molecule has 1 aromatic heterocycles. The van der Waals surface area contributed by atoms with Gasteiger partial charge >= 0.3 is 0 Å². The van der Waals surface area contributed by atoms with E-state index < -0.39 is 10.8 Å². The van der Waals surface area contributed by atoms with Crippen LogP contribution in [0.1, 0.15) is 47.5 Å². The topological polar surface area (TPSA) is 98.0 Å². The Morgan fingerprint density at radius 3 is 2.54 bits per heavy atom. The zero-order valence-electron chi connectivity index (χ0n) is 12.7. The molecule has 1 saturated carbocycles. The highest BCUT2D eigenvalue weighted by Gasteiger charge is 2.19. The summed E-state index contributed by atoms with van der Waals surface area (Å²) in [6.07, 6.45) is 8.26. The van der Waals surface area contributed by atoms with E-state index in [1.165, 1.54) is 31.0 Å². The smallest absolute Gasteiger partial charge is 0.270 e. The van der Waals surface area contributed by atoms with Crippen LogP contribution in [-0.2, 0) is 0 Å². The molecule has 1 aliphatic rings. The number of carbonyl (C=O) groups excluding carboxylic acids is 1. The lowest BCUT2D eigenvalue weighted by Crippen LogP contribution is -2.16. The number of halogens is 1. The van der Waals surface area contributed by atoms with E-state index in [1.54, 1.807) is 12.4 Å². The number of nitro groups is 1. The van der Waals surface area contributed by atoms with E-state index in [4.69, 9.17) is 0 Å². The molecule has 1 N–H and O–H groups in total. The van der Waals surface area contributed by atoms with Crippen molar-refractivity contribution in [1.82, 2.24) is 9.97 Å². The summed E-state index contributed by atoms with van der Waals surface area (Å²) in [5, 5.41) is 13.4. The monoisotopic (exact) mass is 438 g/mol. The molecule has 0 radical (unpaired) electrons. The van der Waals surface area contributed by atoms with Crippen molar-refractivity contribution in [2.45, 2.75) is 31.6 Å². The second-order valence-electron chi connectivity index (χ2n) is 5.70.